The molecule has 6 bridgehead atoms. The Kier molecular flexibility index (Phi) is 23.7. The number of rotatable bonds is 22. The van der Waals surface area contributed by atoms with E-state index in [2.05, 4.69) is 16.0 Å². The lowest BCUT2D eigenvalue weighted by atomic mass is 9.89. The molecule has 0 aromatic heterocycles. The lowest BCUT2D eigenvalue weighted by Crippen LogP contribution is -2.60. The molecule has 3 unspecified atom stereocenters. The molecule has 81 heavy (non-hydrogen) atoms. The SMILES string of the molecule is CC[C@H](C)[C@@H]([C@@H](CC(=O)N1CCC[C@H]1[C@H](OC)[C@@H](C)C(=O)N[C@@H](Cc1ccccc1)C(=O)O)OC)N(C)C(=O)[C@@H](NC(=O)[C@H](C(C)C)N(C)C(=O)c1cc2cc(c1)N1C(=O)CC(SC3CCCC(CC3)SCCC(=O)N2)C1=O)C(C)C. The second kappa shape index (κ2) is 29.6. The summed E-state index contributed by atoms with van der Waals surface area (Å²) in [4.78, 5) is 132. The standard InChI is InChI=1S/C60H87N7O12S2/c1-12-36(6)53(46(78-10)32-49(69)66-26-17-22-45(66)54(79-11)37(7)55(71)62-44(60(76)77)28-38-18-14-13-15-19-38)65(9)59(75)51(34(2)3)63-56(72)52(35(4)5)64(8)57(73)39-29-40-31-41(30-39)67-50(70)33-47(58(67)74)81-43-21-16-20-42(23-24-43)80-27-25-48(68)61-40/h13-15,18-19,29-31,34-37,42-47,51-54H,12,16-17,20-28,32-33H2,1-11H3,(H,61,68)(H,62,71)(H,63,72)(H,76,77)/t36-,37+,42?,43?,44-,45-,46+,47?,51-,52-,53-,54+/m0/s1. The van der Waals surface area contributed by atoms with Gasteiger partial charge in [0, 0.05) is 81.6 Å². The number of imide groups is 1. The fraction of sp³-hybridized carbons (Fsp3) is 0.650. The summed E-state index contributed by atoms with van der Waals surface area (Å²) in [6.45, 7) is 13.2. The van der Waals surface area contributed by atoms with Crippen molar-refractivity contribution in [3.05, 3.63) is 59.7 Å². The number of nitrogens with zero attached hydrogens (tertiary/aromatic N) is 4. The van der Waals surface area contributed by atoms with Crippen LogP contribution in [0.2, 0.25) is 0 Å². The van der Waals surface area contributed by atoms with Crippen molar-refractivity contribution in [2.45, 2.75) is 184 Å². The number of amides is 8. The van der Waals surface area contributed by atoms with Gasteiger partial charge >= 0.3 is 5.97 Å². The Hall–Kier alpha value is -5.51. The number of carbonyl (C=O) groups is 9. The maximum Gasteiger partial charge on any atom is 0.326 e. The zero-order chi connectivity index (χ0) is 59.4. The number of hydrogen-bond donors (Lipinski definition) is 4. The van der Waals surface area contributed by atoms with E-state index in [4.69, 9.17) is 9.47 Å². The predicted molar refractivity (Wildman–Crippen MR) is 315 cm³/mol. The van der Waals surface area contributed by atoms with Gasteiger partial charge in [-0.3, -0.25) is 38.4 Å². The second-order valence-electron chi connectivity index (χ2n) is 23.1. The highest BCUT2D eigenvalue weighted by molar-refractivity contribution is 8.01. The molecular weight excluding hydrogens is 1070 g/mol. The van der Waals surface area contributed by atoms with Gasteiger partial charge in [-0.2, -0.15) is 11.8 Å². The third kappa shape index (κ3) is 16.2. The van der Waals surface area contributed by atoms with E-state index in [1.54, 1.807) is 99.3 Å². The number of anilines is 2. The van der Waals surface area contributed by atoms with Crippen molar-refractivity contribution in [3.63, 3.8) is 0 Å². The fourth-order valence-corrected chi connectivity index (χ4v) is 14.9. The van der Waals surface area contributed by atoms with Crippen LogP contribution in [-0.2, 0) is 54.3 Å². The molecule has 21 heteroatoms. The van der Waals surface area contributed by atoms with Crippen LogP contribution in [0.15, 0.2) is 48.5 Å². The van der Waals surface area contributed by atoms with Crippen LogP contribution in [0.4, 0.5) is 11.4 Å². The van der Waals surface area contributed by atoms with Crippen molar-refractivity contribution in [2.24, 2.45) is 23.7 Å². The van der Waals surface area contributed by atoms with Gasteiger partial charge in [-0.1, -0.05) is 91.6 Å². The first kappa shape index (κ1) is 64.7. The molecule has 3 aliphatic heterocycles. The van der Waals surface area contributed by atoms with Gasteiger partial charge in [0.2, 0.25) is 41.4 Å². The van der Waals surface area contributed by atoms with E-state index in [1.807, 2.05) is 19.9 Å². The van der Waals surface area contributed by atoms with Crippen LogP contribution >= 0.6 is 23.5 Å². The fourth-order valence-electron chi connectivity index (χ4n) is 12.1. The topological polar surface area (TPSA) is 241 Å². The normalized spacial score (nSPS) is 22.7. The van der Waals surface area contributed by atoms with Crippen LogP contribution in [0.25, 0.3) is 0 Å². The molecule has 3 heterocycles. The summed E-state index contributed by atoms with van der Waals surface area (Å²) in [5.41, 5.74) is 1.17. The van der Waals surface area contributed by atoms with E-state index < -0.39 is 101 Å². The number of benzene rings is 2. The Balaban J connectivity index is 1.18. The molecule has 2 saturated heterocycles. The van der Waals surface area contributed by atoms with Crippen LogP contribution in [0.1, 0.15) is 135 Å². The van der Waals surface area contributed by atoms with Crippen molar-refractivity contribution in [3.8, 4) is 0 Å². The minimum atomic E-state index is -1.18. The summed E-state index contributed by atoms with van der Waals surface area (Å²) < 4.78 is 12.0. The number of aliphatic carboxylic acids is 1. The molecular formula is C60H87N7O12S2. The Morgan fingerprint density at radius 1 is 0.827 bits per heavy atom. The summed E-state index contributed by atoms with van der Waals surface area (Å²) in [5.74, 6) is -5.95. The Morgan fingerprint density at radius 2 is 1.52 bits per heavy atom. The number of ether oxygens (including phenoxy) is 2. The average Bonchev–Trinajstić information content (AvgIpc) is 3.94. The van der Waals surface area contributed by atoms with Gasteiger partial charge in [-0.25, -0.2) is 9.69 Å². The van der Waals surface area contributed by atoms with Gasteiger partial charge in [0.15, 0.2) is 0 Å². The number of hydrogen-bond acceptors (Lipinski definition) is 13. The molecule has 1 aliphatic carbocycles. The number of nitrogens with one attached hydrogen (secondary N) is 3. The number of carbonyl (C=O) groups excluding carboxylic acids is 8. The third-order valence-corrected chi connectivity index (χ3v) is 19.7. The van der Waals surface area contributed by atoms with Crippen LogP contribution in [0.3, 0.4) is 0 Å². The highest BCUT2D eigenvalue weighted by atomic mass is 32.2. The maximum atomic E-state index is 14.9. The van der Waals surface area contributed by atoms with E-state index in [9.17, 15) is 48.3 Å². The first-order valence-corrected chi connectivity index (χ1v) is 30.8. The largest absolute Gasteiger partial charge is 0.480 e. The van der Waals surface area contributed by atoms with Gasteiger partial charge in [-0.05, 0) is 80.0 Å². The average molecular weight is 1160 g/mol. The Labute approximate surface area is 486 Å². The van der Waals surface area contributed by atoms with Crippen LogP contribution < -0.4 is 20.9 Å². The zero-order valence-corrected chi connectivity index (χ0v) is 50.8. The van der Waals surface area contributed by atoms with Crippen LogP contribution in [0, 0.1) is 23.7 Å². The van der Waals surface area contributed by atoms with Crippen molar-refractivity contribution >= 4 is 88.1 Å². The Bertz CT molecular complexity index is 2570. The van der Waals surface area contributed by atoms with E-state index in [1.165, 1.54) is 44.4 Å². The number of fused-ring (bicyclic) bond motifs is 8. The monoisotopic (exact) mass is 1160 g/mol. The van der Waals surface area contributed by atoms with E-state index >= 15 is 0 Å². The van der Waals surface area contributed by atoms with Gasteiger partial charge in [0.25, 0.3) is 5.91 Å². The molecule has 12 atom stereocenters. The van der Waals surface area contributed by atoms with Gasteiger partial charge in [-0.15, -0.1) is 11.8 Å². The van der Waals surface area contributed by atoms with Crippen LogP contribution in [-0.4, -0.2) is 172 Å². The number of thioether (sulfide) groups is 2. The van der Waals surface area contributed by atoms with Crippen LogP contribution in [0.5, 0.6) is 0 Å². The van der Waals surface area contributed by atoms with Gasteiger partial charge < -0.3 is 45.2 Å². The van der Waals surface area contributed by atoms with Gasteiger partial charge in [0.1, 0.15) is 18.1 Å². The third-order valence-electron chi connectivity index (χ3n) is 16.7. The zero-order valence-electron chi connectivity index (χ0n) is 49.1. The van der Waals surface area contributed by atoms with Crippen molar-refractivity contribution < 1.29 is 57.7 Å². The van der Waals surface area contributed by atoms with Crippen molar-refractivity contribution in [2.75, 3.05) is 50.8 Å². The molecule has 6 rings (SSSR count). The molecule has 2 aromatic carbocycles. The number of carboxylic acids is 1. The second-order valence-corrected chi connectivity index (χ2v) is 26.0. The molecule has 19 nitrogen and oxygen atoms in total. The summed E-state index contributed by atoms with van der Waals surface area (Å²) in [6, 6.07) is 8.95. The quantitative estimate of drug-likeness (QED) is 0.0888. The minimum absolute atomic E-state index is 0.0216. The molecule has 3 fully saturated rings. The molecule has 4 N–H and O–H groups in total. The lowest BCUT2D eigenvalue weighted by molar-refractivity contribution is -0.148. The lowest BCUT2D eigenvalue weighted by Gasteiger charge is -2.41. The van der Waals surface area contributed by atoms with E-state index in [-0.39, 0.29) is 71.5 Å². The van der Waals surface area contributed by atoms with Crippen molar-refractivity contribution in [1.82, 2.24) is 25.3 Å². The summed E-state index contributed by atoms with van der Waals surface area (Å²) in [6.07, 6.45) is 5.34. The summed E-state index contributed by atoms with van der Waals surface area (Å²) >= 11 is 3.35. The highest BCUT2D eigenvalue weighted by Gasteiger charge is 2.45. The number of carboxylic acid groups (broad SMARTS) is 1. The maximum absolute atomic E-state index is 14.9. The highest BCUT2D eigenvalue weighted by Crippen LogP contribution is 2.40. The molecule has 446 valence electrons. The molecule has 4 aliphatic rings. The summed E-state index contributed by atoms with van der Waals surface area (Å²) in [5, 5.41) is 18.6. The number of likely N-dealkylation sites (N-methyl/N-ethyl adjacent to an activating group) is 2. The smallest absolute Gasteiger partial charge is 0.326 e. The minimum Gasteiger partial charge on any atom is -0.480 e. The van der Waals surface area contributed by atoms with E-state index in [0.29, 0.717) is 36.8 Å². The van der Waals surface area contributed by atoms with E-state index in [0.717, 1.165) is 42.6 Å². The molecule has 8 amide bonds. The Morgan fingerprint density at radius 3 is 2.16 bits per heavy atom. The predicted octanol–water partition coefficient (Wildman–Crippen LogP) is 6.80. The molecule has 1 saturated carbocycles. The number of methoxy groups -OCH3 is 2. The first-order chi connectivity index (χ1) is 38.5. The number of likely N-dealkylation sites (tertiary alicyclic amines) is 1. The molecule has 2 aromatic rings. The summed E-state index contributed by atoms with van der Waals surface area (Å²) in [7, 11) is 6.07. The van der Waals surface area contributed by atoms with Gasteiger partial charge in [0.05, 0.1) is 47.6 Å². The molecule has 0 spiro atoms. The van der Waals surface area contributed by atoms with Crippen molar-refractivity contribution in [1.29, 1.82) is 0 Å². The first-order valence-electron chi connectivity index (χ1n) is 28.8. The molecule has 0 radical (unpaired) electrons.